The number of nitrogens with zero attached hydrogens (tertiary/aromatic N) is 1. The van der Waals surface area contributed by atoms with Gasteiger partial charge in [0.15, 0.2) is 10.1 Å². The highest BCUT2D eigenvalue weighted by molar-refractivity contribution is 8.02. The smallest absolute Gasteiger partial charge is 0.320 e. The van der Waals surface area contributed by atoms with E-state index in [0.717, 1.165) is 22.4 Å². The number of hydrogen-bond acceptors (Lipinski definition) is 4. The molecule has 0 aliphatic carbocycles. The van der Waals surface area contributed by atoms with Crippen LogP contribution in [0.4, 0.5) is 5.69 Å². The molecular formula is C19H17Cl3N2O2S. The summed E-state index contributed by atoms with van der Waals surface area (Å²) in [5.41, 5.74) is 3.44. The Labute approximate surface area is 177 Å². The largest absolute Gasteiger partial charge is 0.344 e. The molecule has 0 spiro atoms. The van der Waals surface area contributed by atoms with Crippen molar-refractivity contribution >= 4 is 52.3 Å². The summed E-state index contributed by atoms with van der Waals surface area (Å²) in [4.78, 5) is 11.1. The number of rotatable bonds is 7. The van der Waals surface area contributed by atoms with E-state index in [1.54, 1.807) is 0 Å². The minimum atomic E-state index is -0.586. The SMILES string of the molecule is Cc1ccc(N/C(SCc2ccccc2)=C(\C(Cl)=C(Cl)Cl)[N+](=O)[O-])c(C)c1. The predicted molar refractivity (Wildman–Crippen MR) is 116 cm³/mol. The third-order valence-corrected chi connectivity index (χ3v) is 5.63. The minimum Gasteiger partial charge on any atom is -0.344 e. The fourth-order valence-electron chi connectivity index (χ4n) is 2.32. The lowest BCUT2D eigenvalue weighted by molar-refractivity contribution is -0.420. The van der Waals surface area contributed by atoms with E-state index in [0.29, 0.717) is 5.75 Å². The summed E-state index contributed by atoms with van der Waals surface area (Å²) in [5.74, 6) is 0.509. The summed E-state index contributed by atoms with van der Waals surface area (Å²) in [5, 5.41) is 14.8. The Hall–Kier alpha value is -1.66. The number of thioether (sulfide) groups is 1. The van der Waals surface area contributed by atoms with Gasteiger partial charge in [-0.15, -0.1) is 0 Å². The molecule has 0 aromatic heterocycles. The van der Waals surface area contributed by atoms with Crippen molar-refractivity contribution in [1.82, 2.24) is 0 Å². The Balaban J connectivity index is 2.47. The lowest BCUT2D eigenvalue weighted by Crippen LogP contribution is -2.10. The molecule has 27 heavy (non-hydrogen) atoms. The minimum absolute atomic E-state index is 0.264. The van der Waals surface area contributed by atoms with Crippen molar-refractivity contribution in [1.29, 1.82) is 0 Å². The third-order valence-electron chi connectivity index (χ3n) is 3.63. The van der Waals surface area contributed by atoms with E-state index < -0.39 is 4.92 Å². The van der Waals surface area contributed by atoms with Crippen LogP contribution in [0.5, 0.6) is 0 Å². The Morgan fingerprint density at radius 1 is 1.11 bits per heavy atom. The number of halogens is 3. The maximum absolute atomic E-state index is 11.7. The highest BCUT2D eigenvalue weighted by Crippen LogP contribution is 2.34. The molecule has 2 rings (SSSR count). The van der Waals surface area contributed by atoms with Crippen LogP contribution in [0.3, 0.4) is 0 Å². The van der Waals surface area contributed by atoms with Crippen molar-refractivity contribution in [2.75, 3.05) is 5.32 Å². The van der Waals surface area contributed by atoms with Crippen LogP contribution in [-0.4, -0.2) is 4.92 Å². The van der Waals surface area contributed by atoms with E-state index in [-0.39, 0.29) is 20.2 Å². The summed E-state index contributed by atoms with van der Waals surface area (Å²) in [7, 11) is 0. The highest BCUT2D eigenvalue weighted by Gasteiger charge is 2.26. The van der Waals surface area contributed by atoms with E-state index in [1.165, 1.54) is 11.8 Å². The lowest BCUT2D eigenvalue weighted by Gasteiger charge is -2.14. The molecule has 0 amide bonds. The van der Waals surface area contributed by atoms with Gasteiger partial charge in [0.2, 0.25) is 0 Å². The second-order valence-corrected chi connectivity index (χ2v) is 8.04. The van der Waals surface area contributed by atoms with Gasteiger partial charge in [-0.2, -0.15) is 0 Å². The summed E-state index contributed by atoms with van der Waals surface area (Å²) in [6, 6.07) is 15.4. The van der Waals surface area contributed by atoms with Gasteiger partial charge in [0.25, 0.3) is 0 Å². The molecule has 8 heteroatoms. The van der Waals surface area contributed by atoms with Crippen molar-refractivity contribution in [3.8, 4) is 0 Å². The van der Waals surface area contributed by atoms with Gasteiger partial charge < -0.3 is 5.32 Å². The molecule has 0 saturated carbocycles. The van der Waals surface area contributed by atoms with Gasteiger partial charge in [0.05, 0.1) is 4.92 Å². The molecule has 0 aliphatic heterocycles. The Morgan fingerprint density at radius 2 is 1.78 bits per heavy atom. The van der Waals surface area contributed by atoms with Gasteiger partial charge in [0.1, 0.15) is 4.49 Å². The van der Waals surface area contributed by atoms with Crippen LogP contribution in [-0.2, 0) is 5.75 Å². The van der Waals surface area contributed by atoms with Gasteiger partial charge in [-0.3, -0.25) is 10.1 Å². The maximum Gasteiger partial charge on any atom is 0.320 e. The van der Waals surface area contributed by atoms with Gasteiger partial charge in [-0.05, 0) is 31.0 Å². The first-order valence-electron chi connectivity index (χ1n) is 7.90. The fraction of sp³-hybridized carbons (Fsp3) is 0.158. The zero-order chi connectivity index (χ0) is 20.0. The molecule has 0 aliphatic rings. The second kappa shape index (κ2) is 10.0. The highest BCUT2D eigenvalue weighted by atomic mass is 35.5. The number of aryl methyl sites for hydroxylation is 2. The molecule has 142 valence electrons. The van der Waals surface area contributed by atoms with Crippen molar-refractivity contribution in [2.45, 2.75) is 19.6 Å². The van der Waals surface area contributed by atoms with Gasteiger partial charge in [-0.25, -0.2) is 0 Å². The topological polar surface area (TPSA) is 55.2 Å². The van der Waals surface area contributed by atoms with Gasteiger partial charge >= 0.3 is 5.70 Å². The molecule has 0 bridgehead atoms. The van der Waals surface area contributed by atoms with E-state index in [4.69, 9.17) is 34.8 Å². The molecule has 0 unspecified atom stereocenters. The summed E-state index contributed by atoms with van der Waals surface area (Å²) in [6.45, 7) is 3.90. The number of nitro groups is 1. The first-order valence-corrected chi connectivity index (χ1v) is 10.0. The van der Waals surface area contributed by atoms with E-state index in [9.17, 15) is 10.1 Å². The van der Waals surface area contributed by atoms with E-state index in [1.807, 2.05) is 62.4 Å². The Kier molecular flexibility index (Phi) is 8.05. The first-order chi connectivity index (χ1) is 12.8. The predicted octanol–water partition coefficient (Wildman–Crippen LogP) is 6.98. The number of nitrogens with one attached hydrogen (secondary N) is 1. The van der Waals surface area contributed by atoms with Crippen molar-refractivity contribution in [2.24, 2.45) is 0 Å². The normalized spacial score (nSPS) is 11.6. The van der Waals surface area contributed by atoms with Crippen LogP contribution in [0.2, 0.25) is 0 Å². The molecule has 0 atom stereocenters. The van der Waals surface area contributed by atoms with Crippen LogP contribution >= 0.6 is 46.6 Å². The van der Waals surface area contributed by atoms with Crippen LogP contribution in [0.25, 0.3) is 0 Å². The zero-order valence-corrected chi connectivity index (χ0v) is 17.7. The molecule has 1 N–H and O–H groups in total. The van der Waals surface area contributed by atoms with Crippen LogP contribution in [0, 0.1) is 24.0 Å². The Bertz CT molecular complexity index is 895. The number of anilines is 1. The molecule has 2 aromatic carbocycles. The molecule has 2 aromatic rings. The number of allylic oxidation sites excluding steroid dienone is 1. The average Bonchev–Trinajstić information content (AvgIpc) is 2.62. The van der Waals surface area contributed by atoms with E-state index in [2.05, 4.69) is 5.32 Å². The standard InChI is InChI=1S/C19H17Cl3N2O2S/c1-12-8-9-15(13(2)10-12)23-19(17(24(25)26)16(20)18(21)22)27-11-14-6-4-3-5-7-14/h3-10,23H,11H2,1-2H3/b19-17-. The summed E-state index contributed by atoms with van der Waals surface area (Å²) >= 11 is 18.7. The number of benzene rings is 2. The third kappa shape index (κ3) is 6.18. The molecule has 0 radical (unpaired) electrons. The summed E-state index contributed by atoms with van der Waals surface area (Å²) < 4.78 is -0.358. The molecule has 4 nitrogen and oxygen atoms in total. The van der Waals surface area contributed by atoms with Crippen molar-refractivity contribution in [3.05, 3.63) is 95.6 Å². The maximum atomic E-state index is 11.7. The first kappa shape index (κ1) is 21.6. The molecule has 0 saturated heterocycles. The van der Waals surface area contributed by atoms with Crippen molar-refractivity contribution < 1.29 is 4.92 Å². The van der Waals surface area contributed by atoms with Crippen LogP contribution < -0.4 is 5.32 Å². The molecular weight excluding hydrogens is 427 g/mol. The van der Waals surface area contributed by atoms with Crippen LogP contribution in [0.1, 0.15) is 16.7 Å². The van der Waals surface area contributed by atoms with Gasteiger partial charge in [-0.1, -0.05) is 94.6 Å². The summed E-state index contributed by atoms with van der Waals surface area (Å²) in [6.07, 6.45) is 0. The lowest BCUT2D eigenvalue weighted by atomic mass is 10.1. The van der Waals surface area contributed by atoms with Crippen molar-refractivity contribution in [3.63, 3.8) is 0 Å². The Morgan fingerprint density at radius 3 is 2.33 bits per heavy atom. The monoisotopic (exact) mass is 442 g/mol. The molecule has 0 fully saturated rings. The van der Waals surface area contributed by atoms with Crippen LogP contribution in [0.15, 0.2) is 68.8 Å². The molecule has 0 heterocycles. The average molecular weight is 444 g/mol. The number of hydrogen-bond donors (Lipinski definition) is 1. The van der Waals surface area contributed by atoms with E-state index >= 15 is 0 Å². The fourth-order valence-corrected chi connectivity index (χ4v) is 3.72. The van der Waals surface area contributed by atoms with Gasteiger partial charge in [0, 0.05) is 11.4 Å². The second-order valence-electron chi connectivity index (χ2n) is 5.73. The zero-order valence-electron chi connectivity index (χ0n) is 14.6. The quantitative estimate of drug-likeness (QED) is 0.285.